The molecule has 9 heteroatoms. The minimum Gasteiger partial charge on any atom is -0.459 e. The second-order valence-corrected chi connectivity index (χ2v) is 9.62. The van der Waals surface area contributed by atoms with E-state index in [4.69, 9.17) is 14.4 Å². The zero-order chi connectivity index (χ0) is 21.1. The number of amides is 2. The van der Waals surface area contributed by atoms with Crippen molar-refractivity contribution in [1.29, 1.82) is 0 Å². The molecule has 7 nitrogen and oxygen atoms in total. The number of hydrazine groups is 1. The van der Waals surface area contributed by atoms with Gasteiger partial charge in [-0.15, -0.1) is 11.3 Å². The maximum atomic E-state index is 12.3. The molecule has 0 saturated heterocycles. The van der Waals surface area contributed by atoms with Crippen LogP contribution in [0.3, 0.4) is 0 Å². The number of hydrogen-bond donors (Lipinski definition) is 2. The Kier molecular flexibility index (Phi) is 6.38. The standard InChI is InChI=1S/C21H24N4O3S2/c1-12-13(2)30-21-17(12)20(22-18(23-21)14-7-4-3-5-8-14)29-11-16(26)24-25-19(27)15-9-6-10-28-15/h6,9-10,14H,3-5,7-8,11H2,1-2H3,(H,24,26)(H,25,27). The number of carbonyl (C=O) groups is 2. The largest absolute Gasteiger partial charge is 0.459 e. The van der Waals surface area contributed by atoms with Crippen molar-refractivity contribution in [1.82, 2.24) is 20.8 Å². The van der Waals surface area contributed by atoms with E-state index in [1.54, 1.807) is 17.4 Å². The van der Waals surface area contributed by atoms with Gasteiger partial charge in [0.25, 0.3) is 0 Å². The van der Waals surface area contributed by atoms with Crippen LogP contribution in [0.5, 0.6) is 0 Å². The molecule has 0 bridgehead atoms. The highest BCUT2D eigenvalue weighted by atomic mass is 32.2. The topological polar surface area (TPSA) is 97.1 Å². The molecule has 2 N–H and O–H groups in total. The van der Waals surface area contributed by atoms with Crippen LogP contribution in [0, 0.1) is 13.8 Å². The number of thiophene rings is 1. The number of aromatic nitrogens is 2. The third-order valence-corrected chi connectivity index (χ3v) is 7.46. The van der Waals surface area contributed by atoms with Gasteiger partial charge >= 0.3 is 5.91 Å². The molecule has 1 saturated carbocycles. The first-order valence-electron chi connectivity index (χ1n) is 10.1. The van der Waals surface area contributed by atoms with Gasteiger partial charge in [0.15, 0.2) is 5.76 Å². The number of furan rings is 1. The maximum absolute atomic E-state index is 12.3. The Morgan fingerprint density at radius 1 is 1.20 bits per heavy atom. The van der Waals surface area contributed by atoms with Gasteiger partial charge in [0.2, 0.25) is 5.91 Å². The summed E-state index contributed by atoms with van der Waals surface area (Å²) < 4.78 is 5.01. The second kappa shape index (κ2) is 9.18. The zero-order valence-electron chi connectivity index (χ0n) is 17.0. The monoisotopic (exact) mass is 444 g/mol. The van der Waals surface area contributed by atoms with E-state index in [-0.39, 0.29) is 17.4 Å². The predicted octanol–water partition coefficient (Wildman–Crippen LogP) is 4.50. The van der Waals surface area contributed by atoms with Crippen LogP contribution in [0.1, 0.15) is 64.8 Å². The normalized spacial score (nSPS) is 14.7. The number of nitrogens with zero attached hydrogens (tertiary/aromatic N) is 2. The Bertz CT molecular complexity index is 1060. The maximum Gasteiger partial charge on any atom is 0.305 e. The van der Waals surface area contributed by atoms with E-state index >= 15 is 0 Å². The lowest BCUT2D eigenvalue weighted by Gasteiger charge is -2.20. The summed E-state index contributed by atoms with van der Waals surface area (Å²) in [4.78, 5) is 36.1. The molecule has 30 heavy (non-hydrogen) atoms. The van der Waals surface area contributed by atoms with Crippen molar-refractivity contribution in [3.63, 3.8) is 0 Å². The SMILES string of the molecule is Cc1sc2nc(C3CCCCC3)nc(SCC(=O)NNC(=O)c3ccco3)c2c1C. The van der Waals surface area contributed by atoms with Gasteiger partial charge in [0.05, 0.1) is 12.0 Å². The third-order valence-electron chi connectivity index (χ3n) is 5.38. The molecule has 3 aromatic rings. The van der Waals surface area contributed by atoms with Gasteiger partial charge in [0.1, 0.15) is 15.7 Å². The Labute approximate surface area is 183 Å². The van der Waals surface area contributed by atoms with Crippen molar-refractivity contribution in [2.75, 3.05) is 5.75 Å². The molecule has 0 unspecified atom stereocenters. The van der Waals surface area contributed by atoms with Gasteiger partial charge in [-0.25, -0.2) is 9.97 Å². The van der Waals surface area contributed by atoms with E-state index in [2.05, 4.69) is 24.7 Å². The summed E-state index contributed by atoms with van der Waals surface area (Å²) in [5.41, 5.74) is 5.95. The molecule has 0 radical (unpaired) electrons. The quantitative estimate of drug-likeness (QED) is 0.342. The molecule has 1 aliphatic rings. The molecule has 2 amide bonds. The fourth-order valence-electron chi connectivity index (χ4n) is 3.64. The van der Waals surface area contributed by atoms with E-state index < -0.39 is 5.91 Å². The summed E-state index contributed by atoms with van der Waals surface area (Å²) in [5, 5.41) is 1.88. The Morgan fingerprint density at radius 3 is 2.73 bits per heavy atom. The lowest BCUT2D eigenvalue weighted by molar-refractivity contribution is -0.119. The summed E-state index contributed by atoms with van der Waals surface area (Å²) >= 11 is 3.07. The minimum atomic E-state index is -0.494. The van der Waals surface area contributed by atoms with Crippen molar-refractivity contribution < 1.29 is 14.0 Å². The number of carbonyl (C=O) groups excluding carboxylic acids is 2. The number of fused-ring (bicyclic) bond motifs is 1. The van der Waals surface area contributed by atoms with Gasteiger partial charge in [-0.2, -0.15) is 0 Å². The van der Waals surface area contributed by atoms with E-state index in [1.807, 2.05) is 0 Å². The first kappa shape index (κ1) is 20.9. The molecule has 0 atom stereocenters. The predicted molar refractivity (Wildman–Crippen MR) is 118 cm³/mol. The summed E-state index contributed by atoms with van der Waals surface area (Å²) in [7, 11) is 0. The highest BCUT2D eigenvalue weighted by Crippen LogP contribution is 2.38. The van der Waals surface area contributed by atoms with Crippen LogP contribution in [0.2, 0.25) is 0 Å². The molecule has 0 aliphatic heterocycles. The van der Waals surface area contributed by atoms with Gasteiger partial charge in [-0.3, -0.25) is 20.4 Å². The van der Waals surface area contributed by atoms with E-state index in [9.17, 15) is 9.59 Å². The van der Waals surface area contributed by atoms with E-state index in [1.165, 1.54) is 53.8 Å². The summed E-state index contributed by atoms with van der Waals surface area (Å²) in [6.45, 7) is 4.17. The number of thioether (sulfide) groups is 1. The van der Waals surface area contributed by atoms with Crippen LogP contribution >= 0.6 is 23.1 Å². The molecule has 4 rings (SSSR count). The van der Waals surface area contributed by atoms with Crippen molar-refractivity contribution >= 4 is 45.1 Å². The molecular weight excluding hydrogens is 420 g/mol. The Balaban J connectivity index is 1.48. The smallest absolute Gasteiger partial charge is 0.305 e. The Morgan fingerprint density at radius 2 is 2.00 bits per heavy atom. The fraction of sp³-hybridized carbons (Fsp3) is 0.429. The van der Waals surface area contributed by atoms with Crippen LogP contribution in [-0.4, -0.2) is 27.5 Å². The summed E-state index contributed by atoms with van der Waals surface area (Å²) in [6, 6.07) is 3.14. The summed E-state index contributed by atoms with van der Waals surface area (Å²) in [6.07, 6.45) is 7.36. The first-order chi connectivity index (χ1) is 14.5. The number of rotatable bonds is 5. The van der Waals surface area contributed by atoms with Gasteiger partial charge < -0.3 is 4.42 Å². The molecule has 1 fully saturated rings. The van der Waals surface area contributed by atoms with Gasteiger partial charge in [-0.05, 0) is 44.4 Å². The van der Waals surface area contributed by atoms with E-state index in [0.29, 0.717) is 5.92 Å². The molecular formula is C21H24N4O3S2. The average Bonchev–Trinajstić information content (AvgIpc) is 3.39. The highest BCUT2D eigenvalue weighted by Gasteiger charge is 2.22. The second-order valence-electron chi connectivity index (χ2n) is 7.45. The lowest BCUT2D eigenvalue weighted by Crippen LogP contribution is -2.42. The number of hydrogen-bond acceptors (Lipinski definition) is 7. The van der Waals surface area contributed by atoms with Gasteiger partial charge in [-0.1, -0.05) is 31.0 Å². The molecule has 0 spiro atoms. The van der Waals surface area contributed by atoms with Crippen molar-refractivity contribution in [2.45, 2.75) is 56.9 Å². The average molecular weight is 445 g/mol. The minimum absolute atomic E-state index is 0.141. The van der Waals surface area contributed by atoms with Crippen LogP contribution in [0.4, 0.5) is 0 Å². The highest BCUT2D eigenvalue weighted by molar-refractivity contribution is 8.00. The molecule has 3 aromatic heterocycles. The summed E-state index contributed by atoms with van der Waals surface area (Å²) in [5.74, 6) is 0.774. The van der Waals surface area contributed by atoms with Gasteiger partial charge in [0, 0.05) is 16.2 Å². The molecule has 3 heterocycles. The van der Waals surface area contributed by atoms with Crippen molar-refractivity contribution in [3.05, 3.63) is 40.4 Å². The van der Waals surface area contributed by atoms with Crippen molar-refractivity contribution in [3.8, 4) is 0 Å². The molecule has 158 valence electrons. The van der Waals surface area contributed by atoms with Crippen LogP contribution in [0.25, 0.3) is 10.2 Å². The zero-order valence-corrected chi connectivity index (χ0v) is 18.6. The molecule has 0 aromatic carbocycles. The number of nitrogens with one attached hydrogen (secondary N) is 2. The first-order valence-corrected chi connectivity index (χ1v) is 11.9. The Hall–Kier alpha value is -2.39. The number of aryl methyl sites for hydroxylation is 2. The van der Waals surface area contributed by atoms with Crippen molar-refractivity contribution in [2.24, 2.45) is 0 Å². The fourth-order valence-corrected chi connectivity index (χ4v) is 5.64. The van der Waals surface area contributed by atoms with Crippen LogP contribution < -0.4 is 10.9 Å². The third kappa shape index (κ3) is 4.52. The molecule has 1 aliphatic carbocycles. The van der Waals surface area contributed by atoms with Crippen LogP contribution in [0.15, 0.2) is 27.8 Å². The van der Waals surface area contributed by atoms with E-state index in [0.717, 1.165) is 33.9 Å². The lowest BCUT2D eigenvalue weighted by atomic mass is 9.89. The van der Waals surface area contributed by atoms with Crippen LogP contribution in [-0.2, 0) is 4.79 Å².